The minimum Gasteiger partial charge on any atom is -0.356 e. The molecule has 0 aliphatic heterocycles. The molecule has 1 aliphatic rings. The number of amides is 1. The maximum Gasteiger partial charge on any atom is 0.220 e. The van der Waals surface area contributed by atoms with Crippen LogP contribution in [0.25, 0.3) is 5.65 Å². The minimum absolute atomic E-state index is 0. The number of hydrogen-bond donors (Lipinski definition) is 3. The van der Waals surface area contributed by atoms with E-state index in [0.29, 0.717) is 31.5 Å². The van der Waals surface area contributed by atoms with Gasteiger partial charge in [0.25, 0.3) is 0 Å². The van der Waals surface area contributed by atoms with E-state index in [1.54, 1.807) is 7.05 Å². The van der Waals surface area contributed by atoms with E-state index >= 15 is 0 Å². The Labute approximate surface area is 163 Å². The molecule has 0 unspecified atom stereocenters. The number of rotatable bonds is 7. The Morgan fingerprint density at radius 1 is 1.32 bits per heavy atom. The highest BCUT2D eigenvalue weighted by Crippen LogP contribution is 2.18. The van der Waals surface area contributed by atoms with Gasteiger partial charge in [-0.3, -0.25) is 14.2 Å². The number of nitrogens with one attached hydrogen (secondary N) is 3. The van der Waals surface area contributed by atoms with Crippen molar-refractivity contribution in [1.82, 2.24) is 30.5 Å². The summed E-state index contributed by atoms with van der Waals surface area (Å²) in [4.78, 5) is 15.8. The highest BCUT2D eigenvalue weighted by atomic mass is 127. The summed E-state index contributed by atoms with van der Waals surface area (Å²) in [5.41, 5.74) is 0.818. The lowest BCUT2D eigenvalue weighted by Gasteiger charge is -2.11. The summed E-state index contributed by atoms with van der Waals surface area (Å²) in [6.07, 6.45) is 5.49. The van der Waals surface area contributed by atoms with Gasteiger partial charge in [0.1, 0.15) is 0 Å². The molecule has 9 heteroatoms. The molecular formula is C16H24IN7O. The van der Waals surface area contributed by atoms with Crippen molar-refractivity contribution >= 4 is 41.5 Å². The molecular weight excluding hydrogens is 433 g/mol. The van der Waals surface area contributed by atoms with E-state index in [-0.39, 0.29) is 29.9 Å². The van der Waals surface area contributed by atoms with E-state index in [4.69, 9.17) is 0 Å². The van der Waals surface area contributed by atoms with Crippen LogP contribution in [0.1, 0.15) is 31.5 Å². The van der Waals surface area contributed by atoms with Gasteiger partial charge < -0.3 is 16.0 Å². The molecule has 0 saturated heterocycles. The highest BCUT2D eigenvalue weighted by Gasteiger charge is 2.22. The fourth-order valence-corrected chi connectivity index (χ4v) is 2.38. The van der Waals surface area contributed by atoms with E-state index in [1.165, 1.54) is 0 Å². The Morgan fingerprint density at radius 3 is 2.92 bits per heavy atom. The van der Waals surface area contributed by atoms with Gasteiger partial charge in [0.15, 0.2) is 17.4 Å². The number of nitrogens with zero attached hydrogens (tertiary/aromatic N) is 4. The molecule has 2 aromatic heterocycles. The number of pyridine rings is 1. The number of halogens is 1. The van der Waals surface area contributed by atoms with Crippen molar-refractivity contribution in [2.45, 2.75) is 38.3 Å². The van der Waals surface area contributed by atoms with Gasteiger partial charge >= 0.3 is 0 Å². The first-order valence-electron chi connectivity index (χ1n) is 8.29. The Morgan fingerprint density at radius 2 is 2.16 bits per heavy atom. The second kappa shape index (κ2) is 9.54. The summed E-state index contributed by atoms with van der Waals surface area (Å²) in [6, 6.07) is 6.22. The Hall–Kier alpha value is -1.91. The predicted octanol–water partition coefficient (Wildman–Crippen LogP) is 1.07. The minimum atomic E-state index is 0. The van der Waals surface area contributed by atoms with Crippen molar-refractivity contribution in [3.05, 3.63) is 30.2 Å². The van der Waals surface area contributed by atoms with Gasteiger partial charge in [0, 0.05) is 32.3 Å². The van der Waals surface area contributed by atoms with E-state index in [9.17, 15) is 4.79 Å². The summed E-state index contributed by atoms with van der Waals surface area (Å²) < 4.78 is 1.93. The maximum atomic E-state index is 11.6. The molecule has 0 bridgehead atoms. The number of hydrogen-bond acceptors (Lipinski definition) is 4. The molecule has 3 N–H and O–H groups in total. The summed E-state index contributed by atoms with van der Waals surface area (Å²) in [5, 5.41) is 17.7. The number of carbonyl (C=O) groups is 1. The monoisotopic (exact) mass is 457 g/mol. The van der Waals surface area contributed by atoms with Crippen molar-refractivity contribution < 1.29 is 4.79 Å². The van der Waals surface area contributed by atoms with Crippen LogP contribution in [0, 0.1) is 0 Å². The Bertz CT molecular complexity index is 726. The van der Waals surface area contributed by atoms with Crippen LogP contribution in [0.3, 0.4) is 0 Å². The van der Waals surface area contributed by atoms with Crippen LogP contribution in [0.15, 0.2) is 29.4 Å². The molecule has 0 aromatic carbocycles. The summed E-state index contributed by atoms with van der Waals surface area (Å²) in [7, 11) is 1.72. The Kier molecular flexibility index (Phi) is 7.41. The smallest absolute Gasteiger partial charge is 0.220 e. The van der Waals surface area contributed by atoms with Crippen LogP contribution < -0.4 is 16.0 Å². The molecule has 2 aromatic rings. The lowest BCUT2D eigenvalue weighted by Crippen LogP contribution is -2.38. The largest absolute Gasteiger partial charge is 0.356 e. The van der Waals surface area contributed by atoms with Crippen molar-refractivity contribution in [2.75, 3.05) is 13.6 Å². The Balaban J connectivity index is 0.00000225. The van der Waals surface area contributed by atoms with Crippen molar-refractivity contribution in [1.29, 1.82) is 0 Å². The molecule has 0 atom stereocenters. The summed E-state index contributed by atoms with van der Waals surface area (Å²) >= 11 is 0. The second-order valence-electron chi connectivity index (χ2n) is 5.84. The quantitative estimate of drug-likeness (QED) is 0.250. The standard InChI is InChI=1S/C16H23N7O.HI/c1-17-16(18-9-4-6-15(24)20-12-7-8-12)19-11-14-22-21-13-5-2-3-10-23(13)14;/h2-3,5,10,12H,4,6-9,11H2,1H3,(H,20,24)(H2,17,18,19);1H. The van der Waals surface area contributed by atoms with Crippen LogP contribution in [-0.4, -0.2) is 46.1 Å². The fraction of sp³-hybridized carbons (Fsp3) is 0.500. The third-order valence-electron chi connectivity index (χ3n) is 3.84. The molecule has 1 aliphatic carbocycles. The van der Waals surface area contributed by atoms with Gasteiger partial charge in [0.2, 0.25) is 5.91 Å². The molecule has 0 radical (unpaired) electrons. The predicted molar refractivity (Wildman–Crippen MR) is 107 cm³/mol. The van der Waals surface area contributed by atoms with E-state index < -0.39 is 0 Å². The van der Waals surface area contributed by atoms with Crippen molar-refractivity contribution in [2.24, 2.45) is 4.99 Å². The van der Waals surface area contributed by atoms with Gasteiger partial charge in [-0.1, -0.05) is 6.07 Å². The van der Waals surface area contributed by atoms with E-state index in [2.05, 4.69) is 31.1 Å². The van der Waals surface area contributed by atoms with Gasteiger partial charge in [-0.2, -0.15) is 0 Å². The lowest BCUT2D eigenvalue weighted by molar-refractivity contribution is -0.121. The highest BCUT2D eigenvalue weighted by molar-refractivity contribution is 14.0. The zero-order chi connectivity index (χ0) is 16.8. The molecule has 1 fully saturated rings. The van der Waals surface area contributed by atoms with Gasteiger partial charge in [-0.25, -0.2) is 0 Å². The number of aromatic nitrogens is 3. The SMILES string of the molecule is CN=C(NCCCC(=O)NC1CC1)NCc1nnc2ccccn12.I. The first kappa shape index (κ1) is 19.4. The molecule has 25 heavy (non-hydrogen) atoms. The maximum absolute atomic E-state index is 11.6. The first-order chi connectivity index (χ1) is 11.8. The van der Waals surface area contributed by atoms with Crippen molar-refractivity contribution in [3.63, 3.8) is 0 Å². The average molecular weight is 457 g/mol. The molecule has 1 saturated carbocycles. The van der Waals surface area contributed by atoms with Crippen molar-refractivity contribution in [3.8, 4) is 0 Å². The first-order valence-corrected chi connectivity index (χ1v) is 8.29. The third-order valence-corrected chi connectivity index (χ3v) is 3.84. The van der Waals surface area contributed by atoms with Gasteiger partial charge in [-0.15, -0.1) is 34.2 Å². The van der Waals surface area contributed by atoms with E-state index in [0.717, 1.165) is 30.7 Å². The molecule has 1 amide bonds. The molecule has 0 spiro atoms. The van der Waals surface area contributed by atoms with Gasteiger partial charge in [0.05, 0.1) is 6.54 Å². The topological polar surface area (TPSA) is 95.7 Å². The number of carbonyl (C=O) groups excluding carboxylic acids is 1. The lowest BCUT2D eigenvalue weighted by atomic mass is 10.3. The number of guanidine groups is 1. The number of fused-ring (bicyclic) bond motifs is 1. The number of aliphatic imine (C=N–C) groups is 1. The summed E-state index contributed by atoms with van der Waals surface area (Å²) in [6.45, 7) is 1.21. The van der Waals surface area contributed by atoms with Crippen LogP contribution in [0.5, 0.6) is 0 Å². The molecule has 136 valence electrons. The van der Waals surface area contributed by atoms with Crippen LogP contribution in [-0.2, 0) is 11.3 Å². The van der Waals surface area contributed by atoms with E-state index in [1.807, 2.05) is 28.8 Å². The van der Waals surface area contributed by atoms with Gasteiger partial charge in [-0.05, 0) is 31.4 Å². The van der Waals surface area contributed by atoms with Crippen LogP contribution >= 0.6 is 24.0 Å². The third kappa shape index (κ3) is 5.83. The second-order valence-corrected chi connectivity index (χ2v) is 5.84. The van der Waals surface area contributed by atoms with Crippen LogP contribution in [0.4, 0.5) is 0 Å². The summed E-state index contributed by atoms with van der Waals surface area (Å²) in [5.74, 6) is 1.64. The zero-order valence-electron chi connectivity index (χ0n) is 14.2. The fourth-order valence-electron chi connectivity index (χ4n) is 2.38. The normalized spacial score (nSPS) is 14.0. The zero-order valence-corrected chi connectivity index (χ0v) is 16.6. The molecule has 2 heterocycles. The molecule has 3 rings (SSSR count). The average Bonchev–Trinajstić information content (AvgIpc) is 3.31. The van der Waals surface area contributed by atoms with Crippen LogP contribution in [0.2, 0.25) is 0 Å². The molecule has 8 nitrogen and oxygen atoms in total.